The van der Waals surface area contributed by atoms with Gasteiger partial charge in [0, 0.05) is 5.02 Å². The van der Waals surface area contributed by atoms with Gasteiger partial charge in [-0.1, -0.05) is 17.7 Å². The summed E-state index contributed by atoms with van der Waals surface area (Å²) in [6.45, 7) is 0. The van der Waals surface area contributed by atoms with Crippen LogP contribution in [-0.4, -0.2) is 19.5 Å². The molecule has 0 spiro atoms. The van der Waals surface area contributed by atoms with Gasteiger partial charge in [-0.2, -0.15) is 0 Å². The van der Waals surface area contributed by atoms with Gasteiger partial charge in [0.15, 0.2) is 0 Å². The van der Waals surface area contributed by atoms with Gasteiger partial charge in [0.2, 0.25) is 0 Å². The second kappa shape index (κ2) is 5.71. The number of nitrogens with one attached hydrogen (secondary N) is 1. The van der Waals surface area contributed by atoms with Gasteiger partial charge in [-0.15, -0.1) is 0 Å². The summed E-state index contributed by atoms with van der Waals surface area (Å²) in [6.07, 6.45) is 0. The summed E-state index contributed by atoms with van der Waals surface area (Å²) in [5.74, 6) is -2.60. The number of hydrogen-bond donors (Lipinski definition) is 2. The molecule has 0 aliphatic rings. The topological polar surface area (TPSA) is 83.5 Å². The Hall–Kier alpha value is -2.12. The highest BCUT2D eigenvalue weighted by Gasteiger charge is 2.21. The molecule has 0 saturated heterocycles. The van der Waals surface area contributed by atoms with E-state index in [1.165, 1.54) is 36.4 Å². The van der Waals surface area contributed by atoms with Crippen LogP contribution in [-0.2, 0) is 10.0 Å². The van der Waals surface area contributed by atoms with Gasteiger partial charge in [-0.05, 0) is 36.4 Å². The maximum atomic E-state index is 13.5. The second-order valence-electron chi connectivity index (χ2n) is 4.03. The molecule has 0 aromatic heterocycles. The maximum Gasteiger partial charge on any atom is 0.340 e. The zero-order chi connectivity index (χ0) is 15.6. The fourth-order valence-electron chi connectivity index (χ4n) is 1.64. The summed E-state index contributed by atoms with van der Waals surface area (Å²) in [4.78, 5) is 10.9. The molecular weight excluding hydrogens is 321 g/mol. The number of anilines is 1. The van der Waals surface area contributed by atoms with E-state index in [0.29, 0.717) is 5.02 Å². The molecule has 8 heteroatoms. The Kier molecular flexibility index (Phi) is 4.15. The summed E-state index contributed by atoms with van der Waals surface area (Å²) in [5.41, 5.74) is -1.09. The standard InChI is InChI=1S/C13H9ClFNO4S/c14-8-4-6-9(7-5-8)21(19,20)16-11-3-1-2-10(15)12(11)13(17)18/h1-7,16H,(H,17,18). The lowest BCUT2D eigenvalue weighted by Crippen LogP contribution is -2.16. The molecule has 110 valence electrons. The molecule has 0 radical (unpaired) electrons. The van der Waals surface area contributed by atoms with E-state index >= 15 is 0 Å². The fourth-order valence-corrected chi connectivity index (χ4v) is 2.84. The predicted molar refractivity (Wildman–Crippen MR) is 75.6 cm³/mol. The van der Waals surface area contributed by atoms with Crippen molar-refractivity contribution < 1.29 is 22.7 Å². The van der Waals surface area contributed by atoms with Crippen molar-refractivity contribution in [3.8, 4) is 0 Å². The predicted octanol–water partition coefficient (Wildman–Crippen LogP) is 2.98. The van der Waals surface area contributed by atoms with E-state index in [4.69, 9.17) is 16.7 Å². The summed E-state index contributed by atoms with van der Waals surface area (Å²) in [7, 11) is -4.04. The molecule has 0 saturated carbocycles. The van der Waals surface area contributed by atoms with Gasteiger partial charge < -0.3 is 5.11 Å². The third-order valence-corrected chi connectivity index (χ3v) is 4.23. The van der Waals surface area contributed by atoms with Crippen molar-refractivity contribution >= 4 is 33.3 Å². The number of hydrogen-bond acceptors (Lipinski definition) is 3. The van der Waals surface area contributed by atoms with Crippen LogP contribution in [0.15, 0.2) is 47.4 Å². The number of sulfonamides is 1. The van der Waals surface area contributed by atoms with Crippen LogP contribution in [0.25, 0.3) is 0 Å². The largest absolute Gasteiger partial charge is 0.478 e. The summed E-state index contributed by atoms with van der Waals surface area (Å²) >= 11 is 5.67. The molecule has 21 heavy (non-hydrogen) atoms. The summed E-state index contributed by atoms with van der Waals surface area (Å²) < 4.78 is 39.8. The summed E-state index contributed by atoms with van der Waals surface area (Å²) in [6, 6.07) is 8.57. The van der Waals surface area contributed by atoms with Crippen molar-refractivity contribution in [3.05, 3.63) is 58.9 Å². The molecule has 0 unspecified atom stereocenters. The number of halogens is 2. The van der Waals surface area contributed by atoms with Crippen LogP contribution in [0.5, 0.6) is 0 Å². The molecule has 2 aromatic rings. The smallest absolute Gasteiger partial charge is 0.340 e. The minimum atomic E-state index is -4.04. The lowest BCUT2D eigenvalue weighted by Gasteiger charge is -2.11. The minimum Gasteiger partial charge on any atom is -0.478 e. The van der Waals surface area contributed by atoms with E-state index in [0.717, 1.165) is 6.07 Å². The molecule has 0 amide bonds. The number of rotatable bonds is 4. The molecule has 0 heterocycles. The Bertz CT molecular complexity index is 790. The number of carboxylic acids is 1. The lowest BCUT2D eigenvalue weighted by atomic mass is 10.2. The first-order valence-corrected chi connectivity index (χ1v) is 7.47. The molecule has 5 nitrogen and oxygen atoms in total. The highest BCUT2D eigenvalue weighted by molar-refractivity contribution is 7.92. The first kappa shape index (κ1) is 15.3. The van der Waals surface area contributed by atoms with Gasteiger partial charge in [-0.25, -0.2) is 17.6 Å². The van der Waals surface area contributed by atoms with E-state index in [1.807, 2.05) is 0 Å². The van der Waals surface area contributed by atoms with Gasteiger partial charge in [0.25, 0.3) is 10.0 Å². The first-order valence-electron chi connectivity index (χ1n) is 5.61. The minimum absolute atomic E-state index is 0.118. The van der Waals surface area contributed by atoms with Gasteiger partial charge in [-0.3, -0.25) is 4.72 Å². The number of benzene rings is 2. The van der Waals surface area contributed by atoms with E-state index < -0.39 is 27.4 Å². The SMILES string of the molecule is O=C(O)c1c(F)cccc1NS(=O)(=O)c1ccc(Cl)cc1. The lowest BCUT2D eigenvalue weighted by molar-refractivity contribution is 0.0693. The van der Waals surface area contributed by atoms with Crippen molar-refractivity contribution in [2.75, 3.05) is 4.72 Å². The fraction of sp³-hybridized carbons (Fsp3) is 0. The maximum absolute atomic E-state index is 13.5. The third kappa shape index (κ3) is 3.32. The van der Waals surface area contributed by atoms with Crippen LogP contribution >= 0.6 is 11.6 Å². The highest BCUT2D eigenvalue weighted by Crippen LogP contribution is 2.23. The van der Waals surface area contributed by atoms with Crippen LogP contribution in [0.2, 0.25) is 5.02 Å². The Morgan fingerprint density at radius 3 is 2.33 bits per heavy atom. The van der Waals surface area contributed by atoms with Crippen LogP contribution in [0, 0.1) is 5.82 Å². The number of carbonyl (C=O) groups is 1. The molecule has 2 aromatic carbocycles. The Labute approximate surface area is 125 Å². The quantitative estimate of drug-likeness (QED) is 0.903. The van der Waals surface area contributed by atoms with Crippen LogP contribution in [0.3, 0.4) is 0 Å². The average molecular weight is 330 g/mol. The van der Waals surface area contributed by atoms with Gasteiger partial charge in [0.1, 0.15) is 11.4 Å². The molecule has 0 atom stereocenters. The van der Waals surface area contributed by atoms with E-state index in [2.05, 4.69) is 4.72 Å². The molecule has 0 fully saturated rings. The second-order valence-corrected chi connectivity index (χ2v) is 6.15. The average Bonchev–Trinajstić information content (AvgIpc) is 2.38. The van der Waals surface area contributed by atoms with E-state index in [9.17, 15) is 17.6 Å². The van der Waals surface area contributed by atoms with Crippen molar-refractivity contribution in [2.24, 2.45) is 0 Å². The molecular formula is C13H9ClFNO4S. The highest BCUT2D eigenvalue weighted by atomic mass is 35.5. The molecule has 0 bridgehead atoms. The van der Waals surface area contributed by atoms with Crippen LogP contribution in [0.1, 0.15) is 10.4 Å². The Morgan fingerprint density at radius 2 is 1.76 bits per heavy atom. The van der Waals surface area contributed by atoms with Crippen LogP contribution in [0.4, 0.5) is 10.1 Å². The zero-order valence-electron chi connectivity index (χ0n) is 10.4. The Morgan fingerprint density at radius 1 is 1.14 bits per heavy atom. The van der Waals surface area contributed by atoms with Crippen LogP contribution < -0.4 is 4.72 Å². The molecule has 0 aliphatic carbocycles. The zero-order valence-corrected chi connectivity index (χ0v) is 12.0. The first-order chi connectivity index (χ1) is 9.81. The van der Waals surface area contributed by atoms with Gasteiger partial charge in [0.05, 0.1) is 10.6 Å². The van der Waals surface area contributed by atoms with Gasteiger partial charge >= 0.3 is 5.97 Å². The molecule has 2 rings (SSSR count). The van der Waals surface area contributed by atoms with E-state index in [-0.39, 0.29) is 10.6 Å². The van der Waals surface area contributed by atoms with E-state index in [1.54, 1.807) is 0 Å². The number of aromatic carboxylic acids is 1. The monoisotopic (exact) mass is 329 g/mol. The van der Waals surface area contributed by atoms with Crippen molar-refractivity contribution in [3.63, 3.8) is 0 Å². The third-order valence-electron chi connectivity index (χ3n) is 2.60. The molecule has 2 N–H and O–H groups in total. The molecule has 0 aliphatic heterocycles. The number of carboxylic acid groups (broad SMARTS) is 1. The summed E-state index contributed by atoms with van der Waals surface area (Å²) in [5, 5.41) is 9.31. The normalized spacial score (nSPS) is 11.1. The van der Waals surface area contributed by atoms with Crippen molar-refractivity contribution in [1.29, 1.82) is 0 Å². The Balaban J connectivity index is 2.44. The van der Waals surface area contributed by atoms with Crippen molar-refractivity contribution in [2.45, 2.75) is 4.90 Å². The van der Waals surface area contributed by atoms with Crippen molar-refractivity contribution in [1.82, 2.24) is 0 Å².